The van der Waals surface area contributed by atoms with E-state index in [9.17, 15) is 4.79 Å². The minimum absolute atomic E-state index is 0.0109. The summed E-state index contributed by atoms with van der Waals surface area (Å²) in [6, 6.07) is 4.10. The normalized spacial score (nSPS) is 24.8. The average molecular weight is 393 g/mol. The van der Waals surface area contributed by atoms with Crippen molar-refractivity contribution in [3.63, 3.8) is 0 Å². The molecular formula is C23H28N4O2. The number of pyridine rings is 1. The van der Waals surface area contributed by atoms with Crippen LogP contribution in [0.5, 0.6) is 0 Å². The number of carbonyl (C=O) groups is 1. The molecule has 0 N–H and O–H groups in total. The van der Waals surface area contributed by atoms with E-state index < -0.39 is 0 Å². The topological polar surface area (TPSA) is 68.2 Å². The zero-order valence-corrected chi connectivity index (χ0v) is 16.8. The van der Waals surface area contributed by atoms with Gasteiger partial charge >= 0.3 is 0 Å². The Kier molecular flexibility index (Phi) is 5.27. The number of ether oxygens (including phenoxy) is 1. The minimum Gasteiger partial charge on any atom is -0.370 e. The average Bonchev–Trinajstić information content (AvgIpc) is 3.51. The summed E-state index contributed by atoms with van der Waals surface area (Å²) >= 11 is 0. The number of rotatable bonds is 6. The predicted octanol–water partition coefficient (Wildman–Crippen LogP) is 3.31. The third kappa shape index (κ3) is 4.47. The first-order chi connectivity index (χ1) is 14.2. The first-order valence-electron chi connectivity index (χ1n) is 10.9. The highest BCUT2D eigenvalue weighted by Crippen LogP contribution is 2.39. The molecule has 2 atom stereocenters. The van der Waals surface area contributed by atoms with Crippen LogP contribution in [0.25, 0.3) is 0 Å². The van der Waals surface area contributed by atoms with Gasteiger partial charge in [0.2, 0.25) is 0 Å². The summed E-state index contributed by atoms with van der Waals surface area (Å²) in [6.07, 6.45) is 14.2. The fourth-order valence-corrected chi connectivity index (χ4v) is 4.69. The van der Waals surface area contributed by atoms with E-state index in [1.807, 2.05) is 24.7 Å². The lowest BCUT2D eigenvalue weighted by Crippen LogP contribution is -2.41. The van der Waals surface area contributed by atoms with Crippen molar-refractivity contribution in [3.8, 4) is 0 Å². The van der Waals surface area contributed by atoms with Crippen molar-refractivity contribution < 1.29 is 9.53 Å². The van der Waals surface area contributed by atoms with Crippen molar-refractivity contribution in [2.24, 2.45) is 11.8 Å². The number of amides is 1. The number of nitrogens with zero attached hydrogens (tertiary/aromatic N) is 4. The van der Waals surface area contributed by atoms with Gasteiger partial charge in [0.05, 0.1) is 18.5 Å². The Morgan fingerprint density at radius 1 is 0.966 bits per heavy atom. The second kappa shape index (κ2) is 8.19. The lowest BCUT2D eigenvalue weighted by molar-refractivity contribution is -0.125. The molecule has 2 aromatic heterocycles. The first kappa shape index (κ1) is 18.7. The SMILES string of the molecule is O=C1COCCN1c1ccc(C[C@H]2CC[C@H](Cc3ncc(C4CC4)cn3)C2)nc1. The van der Waals surface area contributed by atoms with Crippen LogP contribution >= 0.6 is 0 Å². The zero-order valence-electron chi connectivity index (χ0n) is 16.8. The highest BCUT2D eigenvalue weighted by atomic mass is 16.5. The Morgan fingerprint density at radius 3 is 2.45 bits per heavy atom. The van der Waals surface area contributed by atoms with E-state index in [2.05, 4.69) is 21.0 Å². The quantitative estimate of drug-likeness (QED) is 0.754. The largest absolute Gasteiger partial charge is 0.370 e. The minimum atomic E-state index is 0.0109. The van der Waals surface area contributed by atoms with Crippen molar-refractivity contribution in [3.05, 3.63) is 47.8 Å². The van der Waals surface area contributed by atoms with Crippen LogP contribution in [0, 0.1) is 11.8 Å². The fraction of sp³-hybridized carbons (Fsp3) is 0.565. The summed E-state index contributed by atoms with van der Waals surface area (Å²) in [5, 5.41) is 0. The van der Waals surface area contributed by atoms with Crippen LogP contribution in [0.2, 0.25) is 0 Å². The van der Waals surface area contributed by atoms with Crippen LogP contribution < -0.4 is 4.90 Å². The monoisotopic (exact) mass is 392 g/mol. The van der Waals surface area contributed by atoms with E-state index in [1.165, 1.54) is 37.7 Å². The molecule has 2 aliphatic carbocycles. The molecule has 1 amide bonds. The Hall–Kier alpha value is -2.34. The van der Waals surface area contributed by atoms with Crippen molar-refractivity contribution in [1.82, 2.24) is 15.0 Å². The molecule has 2 saturated carbocycles. The van der Waals surface area contributed by atoms with Gasteiger partial charge < -0.3 is 9.64 Å². The van der Waals surface area contributed by atoms with Crippen LogP contribution in [-0.2, 0) is 22.4 Å². The summed E-state index contributed by atoms with van der Waals surface area (Å²) in [5.41, 5.74) is 3.30. The maximum absolute atomic E-state index is 12.0. The molecule has 152 valence electrons. The highest BCUT2D eigenvalue weighted by molar-refractivity contribution is 5.94. The molecule has 0 aromatic carbocycles. The van der Waals surface area contributed by atoms with Crippen LogP contribution in [0.4, 0.5) is 5.69 Å². The van der Waals surface area contributed by atoms with E-state index in [-0.39, 0.29) is 12.5 Å². The number of anilines is 1. The van der Waals surface area contributed by atoms with Gasteiger partial charge in [0.1, 0.15) is 12.4 Å². The van der Waals surface area contributed by atoms with Gasteiger partial charge in [-0.05, 0) is 74.0 Å². The molecule has 3 heterocycles. The van der Waals surface area contributed by atoms with Crippen molar-refractivity contribution in [2.45, 2.75) is 50.9 Å². The van der Waals surface area contributed by atoms with Crippen LogP contribution in [0.15, 0.2) is 30.7 Å². The van der Waals surface area contributed by atoms with Gasteiger partial charge in [-0.25, -0.2) is 9.97 Å². The number of morpholine rings is 1. The molecule has 1 saturated heterocycles. The van der Waals surface area contributed by atoms with Gasteiger partial charge in [-0.3, -0.25) is 9.78 Å². The molecule has 6 heteroatoms. The smallest absolute Gasteiger partial charge is 0.253 e. The lowest BCUT2D eigenvalue weighted by Gasteiger charge is -2.26. The summed E-state index contributed by atoms with van der Waals surface area (Å²) in [6.45, 7) is 1.36. The van der Waals surface area contributed by atoms with Crippen LogP contribution in [-0.4, -0.2) is 40.6 Å². The fourth-order valence-electron chi connectivity index (χ4n) is 4.69. The molecule has 29 heavy (non-hydrogen) atoms. The van der Waals surface area contributed by atoms with Gasteiger partial charge in [-0.1, -0.05) is 0 Å². The van der Waals surface area contributed by atoms with E-state index in [0.717, 1.165) is 36.0 Å². The molecule has 3 aliphatic rings. The highest BCUT2D eigenvalue weighted by Gasteiger charge is 2.27. The number of hydrogen-bond donors (Lipinski definition) is 0. The Bertz CT molecular complexity index is 848. The number of hydrogen-bond acceptors (Lipinski definition) is 5. The molecule has 3 fully saturated rings. The summed E-state index contributed by atoms with van der Waals surface area (Å²) in [7, 11) is 0. The van der Waals surface area contributed by atoms with E-state index >= 15 is 0 Å². The summed E-state index contributed by atoms with van der Waals surface area (Å²) in [5.74, 6) is 3.08. The second-order valence-corrected chi connectivity index (χ2v) is 8.77. The Balaban J connectivity index is 1.13. The lowest BCUT2D eigenvalue weighted by atomic mass is 9.97. The van der Waals surface area contributed by atoms with Gasteiger partial charge in [0.15, 0.2) is 0 Å². The zero-order chi connectivity index (χ0) is 19.6. The third-order valence-corrected chi connectivity index (χ3v) is 6.50. The van der Waals surface area contributed by atoms with Crippen molar-refractivity contribution >= 4 is 11.6 Å². The number of aromatic nitrogens is 3. The third-order valence-electron chi connectivity index (χ3n) is 6.50. The van der Waals surface area contributed by atoms with Gasteiger partial charge in [-0.15, -0.1) is 0 Å². The first-order valence-corrected chi connectivity index (χ1v) is 10.9. The van der Waals surface area contributed by atoms with E-state index in [0.29, 0.717) is 25.0 Å². The van der Waals surface area contributed by atoms with Crippen LogP contribution in [0.1, 0.15) is 55.1 Å². The molecule has 0 radical (unpaired) electrons. The number of carbonyl (C=O) groups excluding carboxylic acids is 1. The molecular weight excluding hydrogens is 364 g/mol. The Morgan fingerprint density at radius 2 is 1.76 bits per heavy atom. The Labute approximate surface area is 171 Å². The van der Waals surface area contributed by atoms with Gasteiger partial charge in [-0.2, -0.15) is 0 Å². The molecule has 0 spiro atoms. The maximum atomic E-state index is 12.0. The summed E-state index contributed by atoms with van der Waals surface area (Å²) < 4.78 is 5.20. The molecule has 1 aliphatic heterocycles. The van der Waals surface area contributed by atoms with Crippen LogP contribution in [0.3, 0.4) is 0 Å². The van der Waals surface area contributed by atoms with Gasteiger partial charge in [0.25, 0.3) is 5.91 Å². The van der Waals surface area contributed by atoms with Crippen molar-refractivity contribution in [1.29, 1.82) is 0 Å². The molecule has 0 unspecified atom stereocenters. The predicted molar refractivity (Wildman–Crippen MR) is 110 cm³/mol. The van der Waals surface area contributed by atoms with Gasteiger partial charge in [0, 0.05) is 31.1 Å². The standard InChI is InChI=1S/C23H28N4O2/c28-23-15-29-8-7-27(23)21-6-5-20(24-14-21)10-16-1-2-17(9-16)11-22-25-12-19(13-26-22)18-3-4-18/h5-6,12-14,16-18H,1-4,7-11,15H2/t16-,17-/m0/s1. The van der Waals surface area contributed by atoms with E-state index in [1.54, 1.807) is 4.90 Å². The second-order valence-electron chi connectivity index (χ2n) is 8.77. The molecule has 0 bridgehead atoms. The van der Waals surface area contributed by atoms with E-state index in [4.69, 9.17) is 4.74 Å². The maximum Gasteiger partial charge on any atom is 0.253 e. The molecule has 2 aromatic rings. The summed E-state index contributed by atoms with van der Waals surface area (Å²) in [4.78, 5) is 27.6. The van der Waals surface area contributed by atoms with Crippen molar-refractivity contribution in [2.75, 3.05) is 24.7 Å². The molecule has 6 nitrogen and oxygen atoms in total. The molecule has 5 rings (SSSR count).